The van der Waals surface area contributed by atoms with Gasteiger partial charge in [-0.2, -0.15) is 0 Å². The van der Waals surface area contributed by atoms with Crippen molar-refractivity contribution in [3.8, 4) is 0 Å². The number of nitrogens with two attached hydrogens (primary N) is 1. The number of amides is 1. The van der Waals surface area contributed by atoms with E-state index in [2.05, 4.69) is 13.8 Å². The summed E-state index contributed by atoms with van der Waals surface area (Å²) in [6.07, 6.45) is 2.19. The molecule has 1 aromatic carbocycles. The Morgan fingerprint density at radius 3 is 2.72 bits per heavy atom. The molecule has 0 aliphatic carbocycles. The average molecular weight is 246 g/mol. The van der Waals surface area contributed by atoms with Crippen molar-refractivity contribution in [1.29, 1.82) is 0 Å². The van der Waals surface area contributed by atoms with Crippen molar-refractivity contribution < 1.29 is 4.79 Å². The molecule has 98 valence electrons. The van der Waals surface area contributed by atoms with Gasteiger partial charge in [-0.1, -0.05) is 12.1 Å². The van der Waals surface area contributed by atoms with Gasteiger partial charge in [0, 0.05) is 17.8 Å². The van der Waals surface area contributed by atoms with Gasteiger partial charge in [-0.15, -0.1) is 0 Å². The largest absolute Gasteiger partial charge is 0.399 e. The van der Waals surface area contributed by atoms with Crippen molar-refractivity contribution in [3.63, 3.8) is 0 Å². The second-order valence-electron chi connectivity index (χ2n) is 5.80. The van der Waals surface area contributed by atoms with Crippen molar-refractivity contribution in [1.82, 2.24) is 4.90 Å². The highest BCUT2D eigenvalue weighted by Crippen LogP contribution is 2.32. The summed E-state index contributed by atoms with van der Waals surface area (Å²) in [6.45, 7) is 7.12. The van der Waals surface area contributed by atoms with Crippen molar-refractivity contribution in [2.45, 2.75) is 45.1 Å². The highest BCUT2D eigenvalue weighted by molar-refractivity contribution is 5.84. The van der Waals surface area contributed by atoms with Crippen molar-refractivity contribution in [2.24, 2.45) is 0 Å². The van der Waals surface area contributed by atoms with Gasteiger partial charge >= 0.3 is 0 Å². The van der Waals surface area contributed by atoms with E-state index >= 15 is 0 Å². The Morgan fingerprint density at radius 1 is 1.44 bits per heavy atom. The van der Waals surface area contributed by atoms with E-state index in [0.29, 0.717) is 5.69 Å². The lowest BCUT2D eigenvalue weighted by atomic mass is 9.96. The zero-order chi connectivity index (χ0) is 13.3. The van der Waals surface area contributed by atoms with E-state index in [1.807, 2.05) is 36.1 Å². The summed E-state index contributed by atoms with van der Waals surface area (Å²) in [5.41, 5.74) is 7.49. The summed E-state index contributed by atoms with van der Waals surface area (Å²) in [6, 6.07) is 7.62. The lowest BCUT2D eigenvalue weighted by molar-refractivity contribution is -0.135. The van der Waals surface area contributed by atoms with E-state index in [1.54, 1.807) is 0 Å². The van der Waals surface area contributed by atoms with Crippen LogP contribution in [-0.4, -0.2) is 22.9 Å². The minimum Gasteiger partial charge on any atom is -0.399 e. The summed E-state index contributed by atoms with van der Waals surface area (Å²) in [7, 11) is 0. The molecule has 1 aliphatic heterocycles. The third kappa shape index (κ3) is 2.35. The molecule has 1 atom stereocenters. The Labute approximate surface area is 109 Å². The maximum atomic E-state index is 12.6. The van der Waals surface area contributed by atoms with E-state index in [9.17, 15) is 4.79 Å². The molecule has 18 heavy (non-hydrogen) atoms. The minimum atomic E-state index is -0.120. The molecule has 1 fully saturated rings. The molecule has 0 spiro atoms. The van der Waals surface area contributed by atoms with Crippen LogP contribution in [0.25, 0.3) is 0 Å². The predicted octanol–water partition coefficient (Wildman–Crippen LogP) is 2.77. The molecule has 0 radical (unpaired) electrons. The highest BCUT2D eigenvalue weighted by Gasteiger charge is 2.37. The fourth-order valence-electron chi connectivity index (χ4n) is 2.72. The molecule has 0 aromatic heterocycles. The number of rotatable bonds is 2. The number of nitrogens with zero attached hydrogens (tertiary/aromatic N) is 1. The van der Waals surface area contributed by atoms with E-state index in [4.69, 9.17) is 5.73 Å². The van der Waals surface area contributed by atoms with Crippen LogP contribution >= 0.6 is 0 Å². The molecule has 1 unspecified atom stereocenters. The Bertz CT molecular complexity index is 454. The molecule has 0 bridgehead atoms. The Hall–Kier alpha value is -1.51. The minimum absolute atomic E-state index is 0.00827. The SMILES string of the molecule is CC(C(=O)N1CCCC1(C)C)c1cccc(N)c1. The van der Waals surface area contributed by atoms with Gasteiger partial charge in [-0.3, -0.25) is 4.79 Å². The van der Waals surface area contributed by atoms with Gasteiger partial charge in [0.15, 0.2) is 0 Å². The molecular weight excluding hydrogens is 224 g/mol. The molecular formula is C15H22N2O. The highest BCUT2D eigenvalue weighted by atomic mass is 16.2. The molecule has 1 aliphatic rings. The van der Waals surface area contributed by atoms with Crippen LogP contribution in [0.5, 0.6) is 0 Å². The number of carbonyl (C=O) groups is 1. The Morgan fingerprint density at radius 2 is 2.17 bits per heavy atom. The summed E-state index contributed by atoms with van der Waals surface area (Å²) >= 11 is 0. The van der Waals surface area contributed by atoms with E-state index in [1.165, 1.54) is 0 Å². The van der Waals surface area contributed by atoms with Crippen molar-refractivity contribution in [3.05, 3.63) is 29.8 Å². The maximum absolute atomic E-state index is 12.6. The van der Waals surface area contributed by atoms with Gasteiger partial charge in [0.25, 0.3) is 0 Å². The smallest absolute Gasteiger partial charge is 0.230 e. The van der Waals surface area contributed by atoms with Crippen molar-refractivity contribution >= 4 is 11.6 Å². The zero-order valence-corrected chi connectivity index (χ0v) is 11.4. The summed E-state index contributed by atoms with van der Waals surface area (Å²) in [5.74, 6) is 0.0916. The van der Waals surface area contributed by atoms with Gasteiger partial charge in [-0.05, 0) is 51.3 Å². The molecule has 1 saturated heterocycles. The standard InChI is InChI=1S/C15H22N2O/c1-11(12-6-4-7-13(16)10-12)14(18)17-9-5-8-15(17,2)3/h4,6-7,10-11H,5,8-9,16H2,1-3H3. The van der Waals surface area contributed by atoms with E-state index in [-0.39, 0.29) is 17.4 Å². The van der Waals surface area contributed by atoms with Gasteiger partial charge in [-0.25, -0.2) is 0 Å². The van der Waals surface area contributed by atoms with Crippen LogP contribution in [-0.2, 0) is 4.79 Å². The van der Waals surface area contributed by atoms with Crippen LogP contribution in [0.1, 0.15) is 45.1 Å². The second kappa shape index (κ2) is 4.63. The second-order valence-corrected chi connectivity index (χ2v) is 5.80. The number of anilines is 1. The summed E-state index contributed by atoms with van der Waals surface area (Å²) < 4.78 is 0. The lowest BCUT2D eigenvalue weighted by Crippen LogP contribution is -2.44. The molecule has 3 nitrogen and oxygen atoms in total. The van der Waals surface area contributed by atoms with Gasteiger partial charge in [0.1, 0.15) is 0 Å². The third-order valence-corrected chi connectivity index (χ3v) is 3.95. The zero-order valence-electron chi connectivity index (χ0n) is 11.4. The summed E-state index contributed by atoms with van der Waals surface area (Å²) in [5, 5.41) is 0. The summed E-state index contributed by atoms with van der Waals surface area (Å²) in [4.78, 5) is 14.6. The third-order valence-electron chi connectivity index (χ3n) is 3.95. The molecule has 2 rings (SSSR count). The van der Waals surface area contributed by atoms with Gasteiger partial charge in [0.05, 0.1) is 5.92 Å². The number of benzene rings is 1. The van der Waals surface area contributed by atoms with E-state index < -0.39 is 0 Å². The monoisotopic (exact) mass is 246 g/mol. The van der Waals surface area contributed by atoms with Crippen LogP contribution < -0.4 is 5.73 Å². The first-order chi connectivity index (χ1) is 8.42. The quantitative estimate of drug-likeness (QED) is 0.816. The first-order valence-corrected chi connectivity index (χ1v) is 6.59. The van der Waals surface area contributed by atoms with E-state index in [0.717, 1.165) is 24.9 Å². The number of carbonyl (C=O) groups excluding carboxylic acids is 1. The van der Waals surface area contributed by atoms with Crippen LogP contribution in [0.4, 0.5) is 5.69 Å². The fourth-order valence-corrected chi connectivity index (χ4v) is 2.72. The first kappa shape index (κ1) is 12.9. The normalized spacial score (nSPS) is 19.8. The number of nitrogen functional groups attached to an aromatic ring is 1. The lowest BCUT2D eigenvalue weighted by Gasteiger charge is -2.33. The Kier molecular flexibility index (Phi) is 3.33. The van der Waals surface area contributed by atoms with Crippen LogP contribution in [0.3, 0.4) is 0 Å². The van der Waals surface area contributed by atoms with Crippen LogP contribution in [0, 0.1) is 0 Å². The molecule has 0 saturated carbocycles. The molecule has 1 amide bonds. The predicted molar refractivity (Wildman–Crippen MR) is 74.3 cm³/mol. The van der Waals surface area contributed by atoms with Crippen molar-refractivity contribution in [2.75, 3.05) is 12.3 Å². The number of likely N-dealkylation sites (tertiary alicyclic amines) is 1. The topological polar surface area (TPSA) is 46.3 Å². The Balaban J connectivity index is 2.19. The molecule has 1 aromatic rings. The first-order valence-electron chi connectivity index (χ1n) is 6.59. The fraction of sp³-hybridized carbons (Fsp3) is 0.533. The number of hydrogen-bond donors (Lipinski definition) is 1. The molecule has 2 N–H and O–H groups in total. The van der Waals surface area contributed by atoms with Gasteiger partial charge < -0.3 is 10.6 Å². The molecule has 3 heteroatoms. The molecule has 1 heterocycles. The average Bonchev–Trinajstić information content (AvgIpc) is 2.67. The van der Waals surface area contributed by atoms with Crippen LogP contribution in [0.2, 0.25) is 0 Å². The maximum Gasteiger partial charge on any atom is 0.230 e. The van der Waals surface area contributed by atoms with Gasteiger partial charge in [0.2, 0.25) is 5.91 Å². The van der Waals surface area contributed by atoms with Crippen LogP contribution in [0.15, 0.2) is 24.3 Å². The number of hydrogen-bond acceptors (Lipinski definition) is 2.